The first-order valence-corrected chi connectivity index (χ1v) is 18.4. The van der Waals surface area contributed by atoms with Crippen molar-refractivity contribution in [2.24, 2.45) is 11.1 Å². The number of aromatic nitrogens is 2. The number of hydrogen-bond donors (Lipinski definition) is 5. The summed E-state index contributed by atoms with van der Waals surface area (Å²) in [5, 5.41) is 14.4. The highest BCUT2D eigenvalue weighted by molar-refractivity contribution is 5.95. The Morgan fingerprint density at radius 3 is 2.41 bits per heavy atom. The lowest BCUT2D eigenvalue weighted by Crippen LogP contribution is -2.47. The first-order chi connectivity index (χ1) is 24.3. The van der Waals surface area contributed by atoms with Gasteiger partial charge in [0.25, 0.3) is 11.5 Å². The van der Waals surface area contributed by atoms with Crippen LogP contribution >= 0.6 is 0 Å². The number of carbonyl (C=O) groups excluding carboxylic acids is 3. The number of carboxylic acid groups (broad SMARTS) is 1. The number of ether oxygens (including phenoxy) is 3. The predicted molar refractivity (Wildman–Crippen MR) is 188 cm³/mol. The molecule has 286 valence electrons. The van der Waals surface area contributed by atoms with Crippen molar-refractivity contribution in [1.82, 2.24) is 20.2 Å². The smallest absolute Gasteiger partial charge is 0.330 e. The zero-order chi connectivity index (χ0) is 37.4. The van der Waals surface area contributed by atoms with Crippen LogP contribution in [0.15, 0.2) is 33.7 Å². The minimum atomic E-state index is -1.18. The van der Waals surface area contributed by atoms with Crippen molar-refractivity contribution in [3.05, 3.63) is 44.9 Å². The second kappa shape index (κ2) is 20.8. The molecule has 1 aromatic heterocycles. The van der Waals surface area contributed by atoms with Crippen LogP contribution < -0.4 is 27.6 Å². The van der Waals surface area contributed by atoms with Crippen molar-refractivity contribution in [2.45, 2.75) is 154 Å². The van der Waals surface area contributed by atoms with E-state index in [0.29, 0.717) is 38.6 Å². The molecule has 6 N–H and O–H groups in total. The molecule has 5 atom stereocenters. The summed E-state index contributed by atoms with van der Waals surface area (Å²) in [5.41, 5.74) is 3.87. The Hall–Kier alpha value is -3.98. The highest BCUT2D eigenvalue weighted by Crippen LogP contribution is 2.31. The zero-order valence-electron chi connectivity index (χ0n) is 30.3. The quantitative estimate of drug-likeness (QED) is 0.147. The number of H-pyrrole nitrogens is 1. The van der Waals surface area contributed by atoms with Gasteiger partial charge in [0.1, 0.15) is 12.3 Å². The Bertz CT molecular complexity index is 1450. The van der Waals surface area contributed by atoms with Crippen molar-refractivity contribution in [1.29, 1.82) is 0 Å². The Morgan fingerprint density at radius 2 is 1.75 bits per heavy atom. The lowest BCUT2D eigenvalue weighted by molar-refractivity contribution is -0.195. The molecule has 0 spiro atoms. The van der Waals surface area contributed by atoms with Crippen LogP contribution in [0.3, 0.4) is 0 Å². The largest absolute Gasteiger partial charge is 0.481 e. The van der Waals surface area contributed by atoms with Gasteiger partial charge >= 0.3 is 11.7 Å². The maximum atomic E-state index is 12.7. The van der Waals surface area contributed by atoms with Gasteiger partial charge in [-0.3, -0.25) is 33.5 Å². The van der Waals surface area contributed by atoms with E-state index in [1.165, 1.54) is 61.8 Å². The van der Waals surface area contributed by atoms with Crippen LogP contribution in [0.25, 0.3) is 0 Å². The monoisotopic (exact) mass is 719 g/mol. The van der Waals surface area contributed by atoms with E-state index in [1.807, 2.05) is 13.8 Å². The third-order valence-corrected chi connectivity index (χ3v) is 9.40. The molecule has 5 unspecified atom stereocenters. The Kier molecular flexibility index (Phi) is 16.9. The number of aliphatic carboxylic acids is 1. The number of carboxylic acids is 1. The van der Waals surface area contributed by atoms with Crippen molar-refractivity contribution >= 4 is 23.7 Å². The fourth-order valence-corrected chi connectivity index (χ4v) is 6.18. The maximum absolute atomic E-state index is 12.7. The van der Waals surface area contributed by atoms with Gasteiger partial charge in [0, 0.05) is 25.2 Å². The SMILES string of the molecule is CCCCCCCCCCC(C)(C)C(=O)O.NC(=O)C(OC1CCC=C(C(=O)NC2CCCCNC2=O)O1)C1CCC(n2ccc(=O)[nH]c2=O)O1. The minimum Gasteiger partial charge on any atom is -0.481 e. The zero-order valence-corrected chi connectivity index (χ0v) is 30.3. The molecule has 3 aliphatic rings. The molecule has 0 saturated carbocycles. The molecule has 0 aliphatic carbocycles. The summed E-state index contributed by atoms with van der Waals surface area (Å²) < 4.78 is 18.6. The summed E-state index contributed by atoms with van der Waals surface area (Å²) in [4.78, 5) is 73.3. The number of unbranched alkanes of at least 4 members (excludes halogenated alkanes) is 7. The summed E-state index contributed by atoms with van der Waals surface area (Å²) in [5.74, 6) is -2.21. The molecule has 15 heteroatoms. The maximum Gasteiger partial charge on any atom is 0.330 e. The Balaban J connectivity index is 0.000000371. The van der Waals surface area contributed by atoms with Crippen LogP contribution in [0.4, 0.5) is 0 Å². The Labute approximate surface area is 299 Å². The molecule has 4 heterocycles. The van der Waals surface area contributed by atoms with Crippen molar-refractivity contribution in [3.63, 3.8) is 0 Å². The lowest BCUT2D eigenvalue weighted by Gasteiger charge is -2.30. The van der Waals surface area contributed by atoms with Crippen LogP contribution in [0.5, 0.6) is 0 Å². The summed E-state index contributed by atoms with van der Waals surface area (Å²) in [7, 11) is 0. The Morgan fingerprint density at radius 1 is 1.04 bits per heavy atom. The number of allylic oxidation sites excluding steroid dienone is 1. The molecule has 2 fully saturated rings. The number of aromatic amines is 1. The fourth-order valence-electron chi connectivity index (χ4n) is 6.18. The fraction of sp³-hybridized carbons (Fsp3) is 0.722. The van der Waals surface area contributed by atoms with Gasteiger partial charge in [-0.25, -0.2) is 4.79 Å². The molecule has 51 heavy (non-hydrogen) atoms. The van der Waals surface area contributed by atoms with Crippen LogP contribution in [0.2, 0.25) is 0 Å². The van der Waals surface area contributed by atoms with Gasteiger partial charge in [0.15, 0.2) is 11.9 Å². The normalized spacial score (nSPS) is 22.6. The molecule has 0 aromatic carbocycles. The number of amides is 3. The lowest BCUT2D eigenvalue weighted by atomic mass is 9.87. The number of primary amides is 1. The molecular formula is C36H57N5O10. The highest BCUT2D eigenvalue weighted by atomic mass is 16.7. The van der Waals surface area contributed by atoms with Crippen LogP contribution in [0.1, 0.15) is 130 Å². The van der Waals surface area contributed by atoms with E-state index in [9.17, 15) is 28.8 Å². The van der Waals surface area contributed by atoms with Gasteiger partial charge in [-0.05, 0) is 64.9 Å². The highest BCUT2D eigenvalue weighted by Gasteiger charge is 2.39. The topological polar surface area (TPSA) is 221 Å². The number of nitrogens with one attached hydrogen (secondary N) is 3. The molecule has 15 nitrogen and oxygen atoms in total. The molecule has 2 saturated heterocycles. The van der Waals surface area contributed by atoms with Gasteiger partial charge in [-0.2, -0.15) is 0 Å². The van der Waals surface area contributed by atoms with Crippen LogP contribution in [0, 0.1) is 5.41 Å². The molecule has 0 radical (unpaired) electrons. The van der Waals surface area contributed by atoms with Crippen molar-refractivity contribution in [2.75, 3.05) is 6.54 Å². The standard InChI is InChI=1S/C22H29N5O8.C14H28O2/c23-19(29)18(13-7-8-16(33-13)27-11-9-15(28)26-22(27)32)35-17-6-3-5-14(34-17)21(31)25-12-4-1-2-10-24-20(12)30;1-4-5-6-7-8-9-10-11-12-14(2,3)13(15)16/h5,9,11-13,16-18H,1-4,6-8,10H2,(H2,23,29)(H,24,30)(H,25,31)(H,26,28,32);4-12H2,1-3H3,(H,15,16). The van der Waals surface area contributed by atoms with E-state index in [0.717, 1.165) is 25.7 Å². The predicted octanol–water partition coefficient (Wildman–Crippen LogP) is 3.52. The number of nitrogens with zero attached hydrogens (tertiary/aromatic N) is 1. The first kappa shape index (κ1) is 41.4. The van der Waals surface area contributed by atoms with E-state index >= 15 is 0 Å². The second-order valence-corrected chi connectivity index (χ2v) is 14.1. The molecule has 0 bridgehead atoms. The van der Waals surface area contributed by atoms with Gasteiger partial charge in [0.05, 0.1) is 11.5 Å². The second-order valence-electron chi connectivity index (χ2n) is 14.1. The number of carbonyl (C=O) groups is 4. The number of nitrogens with two attached hydrogens (primary N) is 1. The van der Waals surface area contributed by atoms with Gasteiger partial charge in [-0.15, -0.1) is 0 Å². The van der Waals surface area contributed by atoms with E-state index in [1.54, 1.807) is 6.08 Å². The summed E-state index contributed by atoms with van der Waals surface area (Å²) in [6, 6.07) is 0.558. The molecule has 3 aliphatic heterocycles. The van der Waals surface area contributed by atoms with Gasteiger partial charge < -0.3 is 35.7 Å². The van der Waals surface area contributed by atoms with Gasteiger partial charge in [-0.1, -0.05) is 58.3 Å². The van der Waals surface area contributed by atoms with E-state index in [4.69, 9.17) is 25.1 Å². The number of hydrogen-bond acceptors (Lipinski definition) is 9. The number of rotatable bonds is 17. The van der Waals surface area contributed by atoms with Gasteiger partial charge in [0.2, 0.25) is 18.1 Å². The average Bonchev–Trinajstić information content (AvgIpc) is 3.48. The van der Waals surface area contributed by atoms with Crippen LogP contribution in [-0.2, 0) is 33.4 Å². The molecular weight excluding hydrogens is 662 g/mol. The van der Waals surface area contributed by atoms with Crippen molar-refractivity contribution < 1.29 is 38.5 Å². The summed E-state index contributed by atoms with van der Waals surface area (Å²) >= 11 is 0. The summed E-state index contributed by atoms with van der Waals surface area (Å²) in [6.07, 6.45) is 14.1. The van der Waals surface area contributed by atoms with E-state index in [2.05, 4.69) is 22.5 Å². The molecule has 1 aromatic rings. The van der Waals surface area contributed by atoms with Crippen molar-refractivity contribution in [3.8, 4) is 0 Å². The van der Waals surface area contributed by atoms with E-state index in [-0.39, 0.29) is 11.7 Å². The molecule has 3 amide bonds. The summed E-state index contributed by atoms with van der Waals surface area (Å²) in [6.45, 7) is 6.44. The first-order valence-electron chi connectivity index (χ1n) is 18.4. The third-order valence-electron chi connectivity index (χ3n) is 9.40. The third kappa shape index (κ3) is 13.6. The minimum absolute atomic E-state index is 0.00604. The van der Waals surface area contributed by atoms with Crippen LogP contribution in [-0.4, -0.2) is 69.4 Å². The molecule has 4 rings (SSSR count). The average molecular weight is 720 g/mol. The van der Waals surface area contributed by atoms with E-state index < -0.39 is 65.2 Å².